The smallest absolute Gasteiger partial charge is 0.335 e. The first-order chi connectivity index (χ1) is 38.3. The van der Waals surface area contributed by atoms with Gasteiger partial charge < -0.3 is 30.0 Å². The van der Waals surface area contributed by atoms with E-state index in [4.69, 9.17) is 15.4 Å². The number of nitrogens with two attached hydrogens (primary N) is 3. The SMILES string of the molecule is CCCCCSc1c(N(CCCC)CCCC)cc(C(=O)O)cc1S(N)(=O)=O.CCCCN(CCCC)c1cc(C(=O)O)cc(S(N)(=O)=O)c1SCCC.CCCCSc1c(N(CCCC)CCCC)cc(C(=O)O)cc1S(N)(=O)=O. The second-order valence-corrected chi connectivity index (χ2v) is 27.6. The van der Waals surface area contributed by atoms with Gasteiger partial charge in [0.15, 0.2) is 0 Å². The molecule has 0 aliphatic heterocycles. The second-order valence-electron chi connectivity index (χ2n) is 19.7. The lowest BCUT2D eigenvalue weighted by atomic mass is 10.1. The molecular formula is C57H96N6O12S6. The van der Waals surface area contributed by atoms with Gasteiger partial charge in [0.2, 0.25) is 30.1 Å². The summed E-state index contributed by atoms with van der Waals surface area (Å²) in [7, 11) is -12.1. The summed E-state index contributed by atoms with van der Waals surface area (Å²) in [6.45, 7) is 23.3. The number of nitrogens with zero attached hydrogens (tertiary/aromatic N) is 3. The average Bonchev–Trinajstić information content (AvgIpc) is 3.42. The molecule has 0 amide bonds. The van der Waals surface area contributed by atoms with Crippen LogP contribution >= 0.6 is 35.3 Å². The summed E-state index contributed by atoms with van der Waals surface area (Å²) in [6.07, 6.45) is 17.6. The van der Waals surface area contributed by atoms with Gasteiger partial charge in [0.25, 0.3) is 0 Å². The normalized spacial score (nSPS) is 11.6. The monoisotopic (exact) mass is 1250 g/mol. The lowest BCUT2D eigenvalue weighted by Crippen LogP contribution is -2.27. The standard InChI is InChI=1S/C20H34N2O4S2.C19H32N2O4S2.C18H30N2O4S2/c1-4-7-10-13-27-19-17(22(11-8-5-2)12-9-6-3)14-16(20(23)24)15-18(19)28(21,25)26;1-4-7-10-21(11-8-5-2)16-13-15(19(22)23)14-17(27(20,24)25)18(16)26-12-9-6-3;1-4-7-9-20(10-8-5-2)15-12-14(18(21)22)13-16(26(19,23)24)17(15)25-11-6-3/h14-15H,4-13H2,1-3H3,(H,23,24)(H2,21,25,26);13-14H,4-12H2,1-3H3,(H,22,23)(H2,20,24,25);12-13H,4-11H2,1-3H3,(H,21,22)(H2,19,23,24). The molecular weight excluding hydrogens is 1150 g/mol. The summed E-state index contributed by atoms with van der Waals surface area (Å²) >= 11 is 4.33. The Morgan fingerprint density at radius 2 is 0.593 bits per heavy atom. The van der Waals surface area contributed by atoms with Crippen molar-refractivity contribution in [3.05, 3.63) is 53.1 Å². The third-order valence-corrected chi connectivity index (χ3v) is 19.6. The Labute approximate surface area is 499 Å². The molecule has 0 saturated carbocycles. The highest BCUT2D eigenvalue weighted by molar-refractivity contribution is 8.01. The fourth-order valence-corrected chi connectivity index (χ4v) is 14.9. The van der Waals surface area contributed by atoms with Crippen LogP contribution in [0, 0.1) is 0 Å². The highest BCUT2D eigenvalue weighted by Gasteiger charge is 2.28. The van der Waals surface area contributed by atoms with Crippen molar-refractivity contribution >= 4 is 100 Å². The van der Waals surface area contributed by atoms with Gasteiger partial charge in [-0.15, -0.1) is 35.3 Å². The number of thioether (sulfide) groups is 3. The number of hydrogen-bond donors (Lipinski definition) is 6. The average molecular weight is 1250 g/mol. The van der Waals surface area contributed by atoms with Gasteiger partial charge in [0.05, 0.1) is 63.1 Å². The van der Waals surface area contributed by atoms with Gasteiger partial charge in [-0.25, -0.2) is 55.1 Å². The molecule has 3 rings (SSSR count). The van der Waals surface area contributed by atoms with E-state index in [1.165, 1.54) is 53.5 Å². The van der Waals surface area contributed by atoms with Crippen molar-refractivity contribution in [3.63, 3.8) is 0 Å². The molecule has 0 bridgehead atoms. The molecule has 462 valence electrons. The molecule has 0 aliphatic carbocycles. The van der Waals surface area contributed by atoms with Gasteiger partial charge in [0, 0.05) is 39.3 Å². The van der Waals surface area contributed by atoms with Crippen LogP contribution in [0.4, 0.5) is 17.1 Å². The summed E-state index contributed by atoms with van der Waals surface area (Å²) in [5.41, 5.74) is 1.85. The molecule has 81 heavy (non-hydrogen) atoms. The first kappa shape index (κ1) is 75.3. The molecule has 0 saturated heterocycles. The predicted molar refractivity (Wildman–Crippen MR) is 337 cm³/mol. The van der Waals surface area contributed by atoms with Crippen molar-refractivity contribution < 1.29 is 55.0 Å². The minimum absolute atomic E-state index is 0.0464. The Bertz CT molecular complexity index is 2730. The Morgan fingerprint density at radius 3 is 0.802 bits per heavy atom. The summed E-state index contributed by atoms with van der Waals surface area (Å²) in [4.78, 5) is 42.6. The number of primary sulfonamides is 3. The van der Waals surface area contributed by atoms with Gasteiger partial charge in [-0.05, 0) is 111 Å². The third kappa shape index (κ3) is 26.8. The fraction of sp³-hybridized carbons (Fsp3) is 0.632. The molecule has 9 N–H and O–H groups in total. The zero-order valence-corrected chi connectivity index (χ0v) is 54.5. The van der Waals surface area contributed by atoms with Gasteiger partial charge in [-0.3, -0.25) is 0 Å². The van der Waals surface area contributed by atoms with E-state index >= 15 is 0 Å². The Hall–Kier alpha value is -3.75. The predicted octanol–water partition coefficient (Wildman–Crippen LogP) is 13.0. The lowest BCUT2D eigenvalue weighted by molar-refractivity contribution is 0.0685. The van der Waals surface area contributed by atoms with Crippen LogP contribution in [0.3, 0.4) is 0 Å². The molecule has 24 heteroatoms. The molecule has 3 aromatic rings. The van der Waals surface area contributed by atoms with E-state index in [0.29, 0.717) is 31.7 Å². The zero-order valence-electron chi connectivity index (χ0n) is 49.6. The molecule has 0 radical (unpaired) electrons. The fourth-order valence-electron chi connectivity index (χ4n) is 8.11. The van der Waals surface area contributed by atoms with Crippen molar-refractivity contribution in [2.75, 3.05) is 71.2 Å². The van der Waals surface area contributed by atoms with E-state index < -0.39 is 48.0 Å². The highest BCUT2D eigenvalue weighted by atomic mass is 32.2. The Kier molecular flexibility index (Phi) is 36.9. The van der Waals surface area contributed by atoms with Gasteiger partial charge in [-0.2, -0.15) is 0 Å². The number of carbonyl (C=O) groups is 3. The number of carboxylic acid groups (broad SMARTS) is 3. The Balaban J connectivity index is 0.000000608. The maximum absolute atomic E-state index is 12.3. The molecule has 0 atom stereocenters. The highest BCUT2D eigenvalue weighted by Crippen LogP contribution is 2.41. The van der Waals surface area contributed by atoms with E-state index in [2.05, 4.69) is 70.1 Å². The molecule has 0 unspecified atom stereocenters. The third-order valence-electron chi connectivity index (χ3n) is 12.7. The van der Waals surface area contributed by atoms with Gasteiger partial charge in [0.1, 0.15) is 0 Å². The minimum Gasteiger partial charge on any atom is -0.478 e. The number of hydrogen-bond acceptors (Lipinski definition) is 15. The maximum Gasteiger partial charge on any atom is 0.335 e. The van der Waals surface area contributed by atoms with Crippen LogP contribution < -0.4 is 30.1 Å². The minimum atomic E-state index is -4.04. The number of unbranched alkanes of at least 4 members (excludes halogenated alkanes) is 9. The van der Waals surface area contributed by atoms with Crippen molar-refractivity contribution in [2.24, 2.45) is 15.4 Å². The zero-order chi connectivity index (χ0) is 61.3. The molecule has 3 aromatic carbocycles. The van der Waals surface area contributed by atoms with Crippen LogP contribution in [0.5, 0.6) is 0 Å². The van der Waals surface area contributed by atoms with Crippen LogP contribution in [-0.2, 0) is 30.1 Å². The number of aromatic carboxylic acids is 3. The van der Waals surface area contributed by atoms with E-state index in [-0.39, 0.29) is 31.4 Å². The number of anilines is 3. The summed E-state index contributed by atoms with van der Waals surface area (Å²) in [6, 6.07) is 8.34. The van der Waals surface area contributed by atoms with Crippen LogP contribution in [0.1, 0.15) is 209 Å². The lowest BCUT2D eigenvalue weighted by Gasteiger charge is -2.28. The van der Waals surface area contributed by atoms with Crippen LogP contribution in [0.2, 0.25) is 0 Å². The second kappa shape index (κ2) is 39.7. The van der Waals surface area contributed by atoms with Gasteiger partial charge >= 0.3 is 17.9 Å². The number of rotatable bonds is 39. The van der Waals surface area contributed by atoms with Crippen LogP contribution in [-0.4, -0.2) is 115 Å². The molecule has 18 nitrogen and oxygen atoms in total. The largest absolute Gasteiger partial charge is 0.478 e. The molecule has 0 fully saturated rings. The molecule has 0 aromatic heterocycles. The molecule has 0 spiro atoms. The number of sulfonamides is 3. The Morgan fingerprint density at radius 1 is 0.358 bits per heavy atom. The van der Waals surface area contributed by atoms with E-state index in [1.54, 1.807) is 18.2 Å². The van der Waals surface area contributed by atoms with Gasteiger partial charge in [-0.1, -0.05) is 120 Å². The van der Waals surface area contributed by atoms with Crippen molar-refractivity contribution in [2.45, 2.75) is 207 Å². The topological polar surface area (TPSA) is 302 Å². The van der Waals surface area contributed by atoms with E-state index in [1.807, 2.05) is 6.92 Å². The van der Waals surface area contributed by atoms with E-state index in [0.717, 1.165) is 172 Å². The summed E-state index contributed by atoms with van der Waals surface area (Å²) in [5.74, 6) is -1.21. The summed E-state index contributed by atoms with van der Waals surface area (Å²) in [5, 5.41) is 44.8. The maximum atomic E-state index is 12.3. The van der Waals surface area contributed by atoms with Crippen molar-refractivity contribution in [1.82, 2.24) is 0 Å². The summed E-state index contributed by atoms with van der Waals surface area (Å²) < 4.78 is 73.3. The number of benzene rings is 3. The van der Waals surface area contributed by atoms with Crippen molar-refractivity contribution in [3.8, 4) is 0 Å². The van der Waals surface area contributed by atoms with Crippen LogP contribution in [0.15, 0.2) is 65.8 Å². The molecule has 0 heterocycles. The first-order valence-electron chi connectivity index (χ1n) is 28.7. The number of carboxylic acids is 3. The first-order valence-corrected chi connectivity index (χ1v) is 36.3. The molecule has 0 aliphatic rings. The quantitative estimate of drug-likeness (QED) is 0.0228. The van der Waals surface area contributed by atoms with E-state index in [9.17, 15) is 55.0 Å². The van der Waals surface area contributed by atoms with Crippen LogP contribution in [0.25, 0.3) is 0 Å². The van der Waals surface area contributed by atoms with Crippen molar-refractivity contribution in [1.29, 1.82) is 0 Å².